The lowest BCUT2D eigenvalue weighted by Gasteiger charge is -2.29. The minimum absolute atomic E-state index is 0.0339. The van der Waals surface area contributed by atoms with E-state index in [4.69, 9.17) is 15.3 Å². The fraction of sp³-hybridized carbons (Fsp3) is 0.455. The van der Waals surface area contributed by atoms with Gasteiger partial charge in [-0.15, -0.1) is 0 Å². The highest BCUT2D eigenvalue weighted by molar-refractivity contribution is 9.10. The number of hydrogen-bond acceptors (Lipinski definition) is 6. The Balaban J connectivity index is 2.80. The molecule has 106 valence electrons. The number of nitrogens with one attached hydrogen (secondary N) is 1. The number of aliphatic hydroxyl groups is 3. The normalized spacial score (nSPS) is 11.6. The number of non-ortho nitro benzene ring substituents is 1. The topological polar surface area (TPSA) is 116 Å². The molecule has 0 atom stereocenters. The molecule has 0 heterocycles. The van der Waals surface area contributed by atoms with Gasteiger partial charge in [0.25, 0.3) is 5.69 Å². The van der Waals surface area contributed by atoms with E-state index in [-0.39, 0.29) is 12.2 Å². The maximum atomic E-state index is 10.6. The Morgan fingerprint density at radius 1 is 1.26 bits per heavy atom. The van der Waals surface area contributed by atoms with Crippen LogP contribution in [0, 0.1) is 10.1 Å². The largest absolute Gasteiger partial charge is 0.394 e. The number of benzene rings is 1. The van der Waals surface area contributed by atoms with E-state index >= 15 is 0 Å². The highest BCUT2D eigenvalue weighted by atomic mass is 79.9. The van der Waals surface area contributed by atoms with E-state index in [0.717, 1.165) is 0 Å². The van der Waals surface area contributed by atoms with E-state index in [0.29, 0.717) is 10.0 Å². The van der Waals surface area contributed by atoms with E-state index in [1.54, 1.807) is 6.07 Å². The van der Waals surface area contributed by atoms with Gasteiger partial charge < -0.3 is 20.6 Å². The highest BCUT2D eigenvalue weighted by Crippen LogP contribution is 2.23. The van der Waals surface area contributed by atoms with Crippen molar-refractivity contribution < 1.29 is 20.2 Å². The standard InChI is InChI=1S/C11H15BrN2O5/c12-10-3-9(14(18)19)2-1-8(10)4-13-11(5-15,6-16)7-17/h1-3,13,15-17H,4-7H2. The van der Waals surface area contributed by atoms with Crippen LogP contribution in [0.2, 0.25) is 0 Å². The summed E-state index contributed by atoms with van der Waals surface area (Å²) in [5.74, 6) is 0. The monoisotopic (exact) mass is 334 g/mol. The van der Waals surface area contributed by atoms with Crippen molar-refractivity contribution in [3.05, 3.63) is 38.3 Å². The summed E-state index contributed by atoms with van der Waals surface area (Å²) in [4.78, 5) is 10.1. The van der Waals surface area contributed by atoms with Crippen molar-refractivity contribution >= 4 is 21.6 Å². The second-order valence-electron chi connectivity index (χ2n) is 4.14. The number of aliphatic hydroxyl groups excluding tert-OH is 3. The van der Waals surface area contributed by atoms with Crippen molar-refractivity contribution in [3.63, 3.8) is 0 Å². The van der Waals surface area contributed by atoms with Crippen LogP contribution >= 0.6 is 15.9 Å². The van der Waals surface area contributed by atoms with Crippen LogP contribution in [0.4, 0.5) is 5.69 Å². The Morgan fingerprint density at radius 3 is 2.26 bits per heavy atom. The molecule has 7 nitrogen and oxygen atoms in total. The summed E-state index contributed by atoms with van der Waals surface area (Å²) in [5.41, 5.74) is -0.500. The molecule has 0 saturated carbocycles. The summed E-state index contributed by atoms with van der Waals surface area (Å²) in [7, 11) is 0. The van der Waals surface area contributed by atoms with Gasteiger partial charge in [0.1, 0.15) is 0 Å². The minimum atomic E-state index is -1.18. The molecular formula is C11H15BrN2O5. The van der Waals surface area contributed by atoms with Crippen LogP contribution < -0.4 is 5.32 Å². The first kappa shape index (κ1) is 16.0. The SMILES string of the molecule is O=[N+]([O-])c1ccc(CNC(CO)(CO)CO)c(Br)c1. The third kappa shape index (κ3) is 3.95. The molecule has 19 heavy (non-hydrogen) atoms. The zero-order valence-electron chi connectivity index (χ0n) is 10.0. The van der Waals surface area contributed by atoms with Gasteiger partial charge in [0.2, 0.25) is 0 Å². The molecule has 0 aliphatic rings. The summed E-state index contributed by atoms with van der Waals surface area (Å²) >= 11 is 3.22. The Bertz CT molecular complexity index is 442. The lowest BCUT2D eigenvalue weighted by atomic mass is 10.0. The van der Waals surface area contributed by atoms with Crippen molar-refractivity contribution in [2.75, 3.05) is 19.8 Å². The maximum Gasteiger partial charge on any atom is 0.270 e. The van der Waals surface area contributed by atoms with Gasteiger partial charge in [-0.2, -0.15) is 0 Å². The molecular weight excluding hydrogens is 320 g/mol. The molecule has 1 rings (SSSR count). The molecule has 0 spiro atoms. The van der Waals surface area contributed by atoms with Crippen molar-refractivity contribution in [3.8, 4) is 0 Å². The average molecular weight is 335 g/mol. The summed E-state index contributed by atoms with van der Waals surface area (Å²) < 4.78 is 0.539. The lowest BCUT2D eigenvalue weighted by Crippen LogP contribution is -2.54. The molecule has 4 N–H and O–H groups in total. The smallest absolute Gasteiger partial charge is 0.270 e. The second-order valence-corrected chi connectivity index (χ2v) is 5.00. The fourth-order valence-corrected chi connectivity index (χ4v) is 1.90. The van der Waals surface area contributed by atoms with Crippen molar-refractivity contribution in [1.82, 2.24) is 5.32 Å². The van der Waals surface area contributed by atoms with Crippen LogP contribution in [-0.2, 0) is 6.54 Å². The van der Waals surface area contributed by atoms with Gasteiger partial charge in [-0.1, -0.05) is 15.9 Å². The zero-order valence-corrected chi connectivity index (χ0v) is 11.6. The molecule has 0 aliphatic carbocycles. The quantitative estimate of drug-likeness (QED) is 0.417. The van der Waals surface area contributed by atoms with Crippen LogP contribution in [0.3, 0.4) is 0 Å². The van der Waals surface area contributed by atoms with Crippen molar-refractivity contribution in [1.29, 1.82) is 0 Å². The predicted octanol–water partition coefficient (Wildman–Crippen LogP) is 0.163. The van der Waals surface area contributed by atoms with Crippen LogP contribution in [0.1, 0.15) is 5.56 Å². The van der Waals surface area contributed by atoms with Crippen LogP contribution in [-0.4, -0.2) is 45.6 Å². The number of nitro groups is 1. The molecule has 0 saturated heterocycles. The Labute approximate surface area is 118 Å². The summed E-state index contributed by atoms with van der Waals surface area (Å²) in [6.07, 6.45) is 0. The van der Waals surface area contributed by atoms with Gasteiger partial charge in [-0.3, -0.25) is 10.1 Å². The third-order valence-corrected chi connectivity index (χ3v) is 3.55. The molecule has 0 aromatic heterocycles. The molecule has 0 amide bonds. The number of rotatable bonds is 7. The summed E-state index contributed by atoms with van der Waals surface area (Å²) in [5, 5.41) is 40.9. The maximum absolute atomic E-state index is 10.6. The molecule has 0 radical (unpaired) electrons. The Morgan fingerprint density at radius 2 is 1.84 bits per heavy atom. The van der Waals surface area contributed by atoms with Crippen molar-refractivity contribution in [2.45, 2.75) is 12.1 Å². The molecule has 1 aromatic rings. The second kappa shape index (κ2) is 6.92. The number of hydrogen-bond donors (Lipinski definition) is 4. The zero-order chi connectivity index (χ0) is 14.5. The van der Waals surface area contributed by atoms with Crippen LogP contribution in [0.5, 0.6) is 0 Å². The summed E-state index contributed by atoms with van der Waals surface area (Å²) in [6.45, 7) is -1.04. The first-order valence-electron chi connectivity index (χ1n) is 5.48. The molecule has 0 unspecified atom stereocenters. The number of halogens is 1. The van der Waals surface area contributed by atoms with Gasteiger partial charge in [0.15, 0.2) is 0 Å². The van der Waals surface area contributed by atoms with E-state index in [1.807, 2.05) is 0 Å². The van der Waals surface area contributed by atoms with Crippen molar-refractivity contribution in [2.24, 2.45) is 0 Å². The lowest BCUT2D eigenvalue weighted by molar-refractivity contribution is -0.384. The van der Waals surface area contributed by atoms with E-state index in [1.165, 1.54) is 12.1 Å². The fourth-order valence-electron chi connectivity index (χ4n) is 1.39. The Hall–Kier alpha value is -1.06. The van der Waals surface area contributed by atoms with E-state index in [9.17, 15) is 10.1 Å². The predicted molar refractivity (Wildman–Crippen MR) is 71.6 cm³/mol. The first-order chi connectivity index (χ1) is 8.98. The first-order valence-corrected chi connectivity index (χ1v) is 6.28. The summed E-state index contributed by atoms with van der Waals surface area (Å²) in [6, 6.07) is 4.29. The molecule has 8 heteroatoms. The third-order valence-electron chi connectivity index (χ3n) is 2.81. The van der Waals surface area contributed by atoms with E-state index in [2.05, 4.69) is 21.2 Å². The highest BCUT2D eigenvalue weighted by Gasteiger charge is 2.27. The Kier molecular flexibility index (Phi) is 5.83. The minimum Gasteiger partial charge on any atom is -0.394 e. The van der Waals surface area contributed by atoms with Crippen LogP contribution in [0.15, 0.2) is 22.7 Å². The molecule has 0 fully saturated rings. The number of nitro benzene ring substituents is 1. The number of nitrogens with zero attached hydrogens (tertiary/aromatic N) is 1. The van der Waals surface area contributed by atoms with Gasteiger partial charge >= 0.3 is 0 Å². The van der Waals surface area contributed by atoms with Gasteiger partial charge in [-0.05, 0) is 11.6 Å². The molecule has 1 aromatic carbocycles. The van der Waals surface area contributed by atoms with E-state index < -0.39 is 30.3 Å². The van der Waals surface area contributed by atoms with Gasteiger partial charge in [-0.25, -0.2) is 0 Å². The molecule has 0 aliphatic heterocycles. The average Bonchev–Trinajstić information content (AvgIpc) is 2.42. The molecule has 0 bridgehead atoms. The van der Waals surface area contributed by atoms with Gasteiger partial charge in [0, 0.05) is 23.2 Å². The van der Waals surface area contributed by atoms with Crippen LogP contribution in [0.25, 0.3) is 0 Å². The van der Waals surface area contributed by atoms with Gasteiger partial charge in [0.05, 0.1) is 30.3 Å².